The monoisotopic (exact) mass is 369 g/mol. The number of benzene rings is 2. The number of carbonyl (C=O) groups is 3. The second kappa shape index (κ2) is 9.52. The molecule has 0 saturated heterocycles. The van der Waals surface area contributed by atoms with Gasteiger partial charge >= 0.3 is 5.97 Å². The van der Waals surface area contributed by atoms with Gasteiger partial charge in [0, 0.05) is 24.7 Å². The first-order valence-corrected chi connectivity index (χ1v) is 8.52. The normalized spacial score (nSPS) is 10.2. The average molecular weight is 369 g/mol. The second-order valence-corrected chi connectivity index (χ2v) is 6.16. The zero-order valence-corrected chi connectivity index (χ0v) is 15.7. The number of esters is 1. The van der Waals surface area contributed by atoms with Gasteiger partial charge < -0.3 is 14.4 Å². The Balaban J connectivity index is 1.91. The van der Waals surface area contributed by atoms with E-state index in [1.165, 1.54) is 18.9 Å². The molecule has 2 rings (SSSR count). The highest BCUT2D eigenvalue weighted by atomic mass is 16.5. The van der Waals surface area contributed by atoms with E-state index in [1.54, 1.807) is 25.2 Å². The van der Waals surface area contributed by atoms with Crippen LogP contribution in [0.4, 0.5) is 0 Å². The van der Waals surface area contributed by atoms with Gasteiger partial charge in [-0.2, -0.15) is 0 Å². The molecule has 2 aromatic rings. The fraction of sp³-hybridized carbons (Fsp3) is 0.286. The minimum Gasteiger partial charge on any atom is -0.496 e. The van der Waals surface area contributed by atoms with Gasteiger partial charge in [0.05, 0.1) is 13.5 Å². The van der Waals surface area contributed by atoms with E-state index in [0.717, 1.165) is 5.56 Å². The molecule has 0 saturated carbocycles. The number of likely N-dealkylation sites (N-methyl/N-ethyl adjacent to an activating group) is 1. The van der Waals surface area contributed by atoms with Gasteiger partial charge in [0.1, 0.15) is 5.75 Å². The van der Waals surface area contributed by atoms with Gasteiger partial charge in [0.15, 0.2) is 12.4 Å². The van der Waals surface area contributed by atoms with Gasteiger partial charge in [-0.3, -0.25) is 14.4 Å². The first kappa shape index (κ1) is 20.2. The van der Waals surface area contributed by atoms with Gasteiger partial charge in [-0.1, -0.05) is 30.3 Å². The van der Waals surface area contributed by atoms with Crippen LogP contribution in [-0.4, -0.2) is 43.3 Å². The molecule has 6 heteroatoms. The lowest BCUT2D eigenvalue weighted by Gasteiger charge is -2.17. The van der Waals surface area contributed by atoms with Crippen molar-refractivity contribution in [2.24, 2.45) is 0 Å². The maximum Gasteiger partial charge on any atom is 0.310 e. The van der Waals surface area contributed by atoms with Crippen molar-refractivity contribution in [3.8, 4) is 5.75 Å². The SMILES string of the molecule is COc1ccc(C(C)=O)cc1CC(=O)OCC(=O)N(C)Cc1ccccc1. The number of nitrogens with zero attached hydrogens (tertiary/aromatic N) is 1. The molecule has 0 fully saturated rings. The van der Waals surface area contributed by atoms with Crippen LogP contribution in [0, 0.1) is 0 Å². The highest BCUT2D eigenvalue weighted by Crippen LogP contribution is 2.21. The molecule has 0 bridgehead atoms. The zero-order valence-electron chi connectivity index (χ0n) is 15.7. The van der Waals surface area contributed by atoms with E-state index in [4.69, 9.17) is 9.47 Å². The van der Waals surface area contributed by atoms with Crippen LogP contribution >= 0.6 is 0 Å². The number of rotatable bonds is 8. The van der Waals surface area contributed by atoms with Gasteiger partial charge in [0.25, 0.3) is 5.91 Å². The van der Waals surface area contributed by atoms with E-state index >= 15 is 0 Å². The largest absolute Gasteiger partial charge is 0.496 e. The highest BCUT2D eigenvalue weighted by Gasteiger charge is 2.15. The molecule has 0 aliphatic heterocycles. The van der Waals surface area contributed by atoms with E-state index in [1.807, 2.05) is 30.3 Å². The molecular weight excluding hydrogens is 346 g/mol. The fourth-order valence-corrected chi connectivity index (χ4v) is 2.54. The third-order valence-electron chi connectivity index (χ3n) is 4.07. The van der Waals surface area contributed by atoms with Gasteiger partial charge in [-0.05, 0) is 30.7 Å². The summed E-state index contributed by atoms with van der Waals surface area (Å²) in [6.07, 6.45) is -0.0834. The van der Waals surface area contributed by atoms with Crippen LogP contribution in [0.25, 0.3) is 0 Å². The van der Waals surface area contributed by atoms with Crippen LogP contribution in [0.2, 0.25) is 0 Å². The molecule has 27 heavy (non-hydrogen) atoms. The van der Waals surface area contributed by atoms with E-state index in [0.29, 0.717) is 23.4 Å². The molecule has 1 amide bonds. The standard InChI is InChI=1S/C21H23NO5/c1-15(23)17-9-10-19(26-3)18(11-17)12-21(25)27-14-20(24)22(2)13-16-7-5-4-6-8-16/h4-11H,12-14H2,1-3H3. The van der Waals surface area contributed by atoms with Crippen molar-refractivity contribution in [3.63, 3.8) is 0 Å². The number of carbonyl (C=O) groups excluding carboxylic acids is 3. The summed E-state index contributed by atoms with van der Waals surface area (Å²) in [4.78, 5) is 37.3. The third-order valence-corrected chi connectivity index (χ3v) is 4.07. The second-order valence-electron chi connectivity index (χ2n) is 6.16. The number of ether oxygens (including phenoxy) is 2. The Morgan fingerprint density at radius 3 is 2.37 bits per heavy atom. The maximum atomic E-state index is 12.2. The molecule has 0 atom stereocenters. The first-order valence-electron chi connectivity index (χ1n) is 8.52. The van der Waals surface area contributed by atoms with E-state index < -0.39 is 5.97 Å². The van der Waals surface area contributed by atoms with Crippen molar-refractivity contribution in [3.05, 3.63) is 65.2 Å². The molecule has 0 unspecified atom stereocenters. The predicted octanol–water partition coefficient (Wildman–Crippen LogP) is 2.64. The molecular formula is C21H23NO5. The lowest BCUT2D eigenvalue weighted by atomic mass is 10.0. The number of methoxy groups -OCH3 is 1. The summed E-state index contributed by atoms with van der Waals surface area (Å²) in [6, 6.07) is 14.4. The van der Waals surface area contributed by atoms with E-state index in [-0.39, 0.29) is 24.7 Å². The number of amides is 1. The molecule has 0 aliphatic carbocycles. The number of Topliss-reactive ketones (excluding diaryl/α,β-unsaturated/α-hetero) is 1. The van der Waals surface area contributed by atoms with Crippen LogP contribution in [-0.2, 0) is 27.3 Å². The van der Waals surface area contributed by atoms with Crippen LogP contribution < -0.4 is 4.74 Å². The molecule has 6 nitrogen and oxygen atoms in total. The molecule has 0 aliphatic rings. The summed E-state index contributed by atoms with van der Waals surface area (Å²) in [5.74, 6) is -0.471. The van der Waals surface area contributed by atoms with Gasteiger partial charge in [0.2, 0.25) is 0 Å². The summed E-state index contributed by atoms with van der Waals surface area (Å²) in [7, 11) is 3.14. The highest BCUT2D eigenvalue weighted by molar-refractivity contribution is 5.94. The Kier molecular flexibility index (Phi) is 7.11. The molecule has 0 aromatic heterocycles. The molecule has 0 spiro atoms. The quantitative estimate of drug-likeness (QED) is 0.528. The molecule has 0 N–H and O–H groups in total. The summed E-state index contributed by atoms with van der Waals surface area (Å²) < 4.78 is 10.3. The third kappa shape index (κ3) is 5.95. The lowest BCUT2D eigenvalue weighted by Crippen LogP contribution is -2.31. The number of hydrogen-bond acceptors (Lipinski definition) is 5. The molecule has 2 aromatic carbocycles. The van der Waals surface area contributed by atoms with Crippen LogP contribution in [0.3, 0.4) is 0 Å². The van der Waals surface area contributed by atoms with Crippen molar-refractivity contribution in [1.29, 1.82) is 0 Å². The van der Waals surface area contributed by atoms with Crippen LogP contribution in [0.5, 0.6) is 5.75 Å². The smallest absolute Gasteiger partial charge is 0.310 e. The Bertz CT molecular complexity index is 817. The van der Waals surface area contributed by atoms with Gasteiger partial charge in [-0.25, -0.2) is 0 Å². The lowest BCUT2D eigenvalue weighted by molar-refractivity contribution is -0.151. The van der Waals surface area contributed by atoms with Gasteiger partial charge in [-0.15, -0.1) is 0 Å². The first-order chi connectivity index (χ1) is 12.9. The fourth-order valence-electron chi connectivity index (χ4n) is 2.54. The summed E-state index contributed by atoms with van der Waals surface area (Å²) in [5.41, 5.74) is 2.02. The van der Waals surface area contributed by atoms with Crippen molar-refractivity contribution < 1.29 is 23.9 Å². The van der Waals surface area contributed by atoms with Crippen molar-refractivity contribution >= 4 is 17.7 Å². The number of hydrogen-bond donors (Lipinski definition) is 0. The Morgan fingerprint density at radius 1 is 1.04 bits per heavy atom. The zero-order chi connectivity index (χ0) is 19.8. The summed E-state index contributed by atoms with van der Waals surface area (Å²) >= 11 is 0. The number of ketones is 1. The summed E-state index contributed by atoms with van der Waals surface area (Å²) in [6.45, 7) is 1.55. The van der Waals surface area contributed by atoms with E-state index in [9.17, 15) is 14.4 Å². The maximum absolute atomic E-state index is 12.2. The molecule has 142 valence electrons. The Labute approximate surface area is 158 Å². The average Bonchev–Trinajstić information content (AvgIpc) is 2.66. The molecule has 0 radical (unpaired) electrons. The topological polar surface area (TPSA) is 72.9 Å². The Hall–Kier alpha value is -3.15. The predicted molar refractivity (Wildman–Crippen MR) is 101 cm³/mol. The van der Waals surface area contributed by atoms with E-state index in [2.05, 4.69) is 0 Å². The van der Waals surface area contributed by atoms with Crippen molar-refractivity contribution in [2.45, 2.75) is 19.9 Å². The summed E-state index contributed by atoms with van der Waals surface area (Å²) in [5, 5.41) is 0. The van der Waals surface area contributed by atoms with Crippen molar-refractivity contribution in [1.82, 2.24) is 4.90 Å². The Morgan fingerprint density at radius 2 is 1.74 bits per heavy atom. The van der Waals surface area contributed by atoms with Crippen LogP contribution in [0.15, 0.2) is 48.5 Å². The minimum atomic E-state index is -0.560. The van der Waals surface area contributed by atoms with Crippen molar-refractivity contribution in [2.75, 3.05) is 20.8 Å². The van der Waals surface area contributed by atoms with Crippen LogP contribution in [0.1, 0.15) is 28.4 Å². The molecule has 0 heterocycles. The minimum absolute atomic E-state index is 0.0834.